The van der Waals surface area contributed by atoms with Crippen LogP contribution in [0.1, 0.15) is 29.0 Å². The number of fused-ring (bicyclic) bond motifs is 1. The Balaban J connectivity index is 2.15. The summed E-state index contributed by atoms with van der Waals surface area (Å²) >= 11 is 0. The molecule has 2 aromatic rings. The average Bonchev–Trinajstić information content (AvgIpc) is 2.63. The lowest BCUT2D eigenvalue weighted by Gasteiger charge is -2.28. The molecule has 6 heteroatoms. The lowest BCUT2D eigenvalue weighted by Crippen LogP contribution is -2.25. The number of rotatable bonds is 2. The van der Waals surface area contributed by atoms with E-state index in [1.54, 1.807) is 12.1 Å². The highest BCUT2D eigenvalue weighted by Gasteiger charge is 2.25. The minimum Gasteiger partial charge on any atom is -0.464 e. The zero-order valence-electron chi connectivity index (χ0n) is 10.2. The summed E-state index contributed by atoms with van der Waals surface area (Å²) in [4.78, 5) is 20.2. The number of methoxy groups -OCH3 is 1. The molecular formula is C12H13N3O3. The van der Waals surface area contributed by atoms with Crippen molar-refractivity contribution in [3.05, 3.63) is 23.7 Å². The minimum absolute atomic E-state index is 0.0182. The number of pyridine rings is 1. The first-order chi connectivity index (χ1) is 8.70. The van der Waals surface area contributed by atoms with E-state index >= 15 is 0 Å². The third kappa shape index (κ3) is 1.57. The van der Waals surface area contributed by atoms with Gasteiger partial charge < -0.3 is 9.47 Å². The number of imidazole rings is 1. The second-order valence-corrected chi connectivity index (χ2v) is 4.17. The highest BCUT2D eigenvalue weighted by atomic mass is 16.5. The molecule has 0 spiro atoms. The highest BCUT2D eigenvalue weighted by Crippen LogP contribution is 2.28. The van der Waals surface area contributed by atoms with Crippen molar-refractivity contribution >= 4 is 17.1 Å². The molecule has 2 aromatic heterocycles. The van der Waals surface area contributed by atoms with Gasteiger partial charge in [-0.1, -0.05) is 0 Å². The lowest BCUT2D eigenvalue weighted by atomic mass is 10.3. The summed E-state index contributed by atoms with van der Waals surface area (Å²) in [5.74, 6) is 0.390. The SMILES string of the molecule is COC(=O)c1ccc2nc(C)n([C@@H]3CCO3)c2n1. The van der Waals surface area contributed by atoms with Crippen LogP contribution in [0.15, 0.2) is 12.1 Å². The van der Waals surface area contributed by atoms with Crippen molar-refractivity contribution in [1.82, 2.24) is 14.5 Å². The maximum Gasteiger partial charge on any atom is 0.356 e. The predicted octanol–water partition coefficient (Wildman–Crippen LogP) is 1.45. The van der Waals surface area contributed by atoms with Gasteiger partial charge >= 0.3 is 5.97 Å². The molecule has 1 aliphatic rings. The Morgan fingerprint density at radius 2 is 2.28 bits per heavy atom. The minimum atomic E-state index is -0.447. The molecule has 94 valence electrons. The zero-order valence-corrected chi connectivity index (χ0v) is 10.2. The maximum atomic E-state index is 11.5. The number of carbonyl (C=O) groups is 1. The summed E-state index contributed by atoms with van der Waals surface area (Å²) in [7, 11) is 1.34. The molecule has 1 atom stereocenters. The predicted molar refractivity (Wildman–Crippen MR) is 63.2 cm³/mol. The van der Waals surface area contributed by atoms with Crippen LogP contribution in [0.5, 0.6) is 0 Å². The molecule has 0 aromatic carbocycles. The fourth-order valence-corrected chi connectivity index (χ4v) is 2.08. The third-order valence-electron chi connectivity index (χ3n) is 3.07. The first-order valence-corrected chi connectivity index (χ1v) is 5.76. The second-order valence-electron chi connectivity index (χ2n) is 4.17. The zero-order chi connectivity index (χ0) is 12.7. The van der Waals surface area contributed by atoms with E-state index < -0.39 is 5.97 Å². The van der Waals surface area contributed by atoms with E-state index in [0.717, 1.165) is 24.4 Å². The van der Waals surface area contributed by atoms with Crippen LogP contribution < -0.4 is 0 Å². The number of esters is 1. The molecular weight excluding hydrogens is 234 g/mol. The van der Waals surface area contributed by atoms with Crippen molar-refractivity contribution in [1.29, 1.82) is 0 Å². The Bertz CT molecular complexity index is 616. The summed E-state index contributed by atoms with van der Waals surface area (Å²) in [6.45, 7) is 2.65. The van der Waals surface area contributed by atoms with Crippen LogP contribution >= 0.6 is 0 Å². The average molecular weight is 247 g/mol. The smallest absolute Gasteiger partial charge is 0.356 e. The summed E-state index contributed by atoms with van der Waals surface area (Å²) in [6.07, 6.45) is 0.923. The Kier molecular flexibility index (Phi) is 2.52. The van der Waals surface area contributed by atoms with E-state index in [-0.39, 0.29) is 11.9 Å². The molecule has 3 heterocycles. The molecule has 3 rings (SSSR count). The van der Waals surface area contributed by atoms with Gasteiger partial charge in [0.25, 0.3) is 0 Å². The molecule has 1 saturated heterocycles. The molecule has 0 bridgehead atoms. The van der Waals surface area contributed by atoms with E-state index in [0.29, 0.717) is 5.65 Å². The van der Waals surface area contributed by atoms with Crippen molar-refractivity contribution in [2.24, 2.45) is 0 Å². The van der Waals surface area contributed by atoms with E-state index in [1.807, 2.05) is 11.5 Å². The van der Waals surface area contributed by atoms with E-state index in [2.05, 4.69) is 14.7 Å². The van der Waals surface area contributed by atoms with Crippen LogP contribution in [-0.4, -0.2) is 34.2 Å². The Morgan fingerprint density at radius 1 is 1.50 bits per heavy atom. The van der Waals surface area contributed by atoms with Crippen LogP contribution in [0, 0.1) is 6.92 Å². The van der Waals surface area contributed by atoms with Gasteiger partial charge in [-0.05, 0) is 19.1 Å². The molecule has 1 aliphatic heterocycles. The number of aromatic nitrogens is 3. The number of hydrogen-bond acceptors (Lipinski definition) is 5. The van der Waals surface area contributed by atoms with Crippen molar-refractivity contribution in [2.75, 3.05) is 13.7 Å². The van der Waals surface area contributed by atoms with Crippen LogP contribution in [-0.2, 0) is 9.47 Å². The van der Waals surface area contributed by atoms with Gasteiger partial charge in [-0.25, -0.2) is 14.8 Å². The molecule has 0 radical (unpaired) electrons. The first-order valence-electron chi connectivity index (χ1n) is 5.76. The van der Waals surface area contributed by atoms with E-state index in [1.165, 1.54) is 7.11 Å². The van der Waals surface area contributed by atoms with E-state index in [9.17, 15) is 4.79 Å². The molecule has 1 fully saturated rings. The lowest BCUT2D eigenvalue weighted by molar-refractivity contribution is -0.0983. The Morgan fingerprint density at radius 3 is 2.89 bits per heavy atom. The standard InChI is InChI=1S/C12H13N3O3/c1-7-13-8-3-4-9(12(16)17-2)14-11(8)15(7)10-5-6-18-10/h3-4,10H,5-6H2,1-2H3/t10-/m0/s1. The number of aryl methyl sites for hydroxylation is 1. The van der Waals surface area contributed by atoms with Gasteiger partial charge in [0.1, 0.15) is 17.6 Å². The largest absolute Gasteiger partial charge is 0.464 e. The number of nitrogens with zero attached hydrogens (tertiary/aromatic N) is 3. The summed E-state index contributed by atoms with van der Waals surface area (Å²) in [6, 6.07) is 3.39. The maximum absolute atomic E-state index is 11.5. The van der Waals surface area contributed by atoms with Gasteiger partial charge in [-0.2, -0.15) is 0 Å². The number of ether oxygens (including phenoxy) is 2. The van der Waals surface area contributed by atoms with Gasteiger partial charge in [-0.3, -0.25) is 4.57 Å². The molecule has 6 nitrogen and oxygen atoms in total. The quantitative estimate of drug-likeness (QED) is 0.751. The van der Waals surface area contributed by atoms with Gasteiger partial charge in [0.15, 0.2) is 11.3 Å². The van der Waals surface area contributed by atoms with Gasteiger partial charge in [0, 0.05) is 6.42 Å². The van der Waals surface area contributed by atoms with Crippen molar-refractivity contribution in [3.8, 4) is 0 Å². The van der Waals surface area contributed by atoms with E-state index in [4.69, 9.17) is 4.74 Å². The van der Waals surface area contributed by atoms with Crippen LogP contribution in [0.4, 0.5) is 0 Å². The highest BCUT2D eigenvalue weighted by molar-refractivity contribution is 5.89. The molecule has 0 aliphatic carbocycles. The summed E-state index contributed by atoms with van der Waals surface area (Å²) in [5.41, 5.74) is 1.71. The fourth-order valence-electron chi connectivity index (χ4n) is 2.08. The molecule has 0 N–H and O–H groups in total. The summed E-state index contributed by atoms with van der Waals surface area (Å²) < 4.78 is 12.0. The monoisotopic (exact) mass is 247 g/mol. The van der Waals surface area contributed by atoms with Gasteiger partial charge in [-0.15, -0.1) is 0 Å². The number of hydrogen-bond donors (Lipinski definition) is 0. The second kappa shape index (κ2) is 4.06. The summed E-state index contributed by atoms with van der Waals surface area (Å²) in [5, 5.41) is 0. The fraction of sp³-hybridized carbons (Fsp3) is 0.417. The van der Waals surface area contributed by atoms with Crippen molar-refractivity contribution < 1.29 is 14.3 Å². The topological polar surface area (TPSA) is 66.2 Å². The van der Waals surface area contributed by atoms with Crippen LogP contribution in [0.2, 0.25) is 0 Å². The Labute approximate surface area is 104 Å². The molecule has 18 heavy (non-hydrogen) atoms. The Hall–Kier alpha value is -1.95. The van der Waals surface area contributed by atoms with Crippen molar-refractivity contribution in [3.63, 3.8) is 0 Å². The van der Waals surface area contributed by atoms with Gasteiger partial charge in [0.2, 0.25) is 0 Å². The van der Waals surface area contributed by atoms with Crippen LogP contribution in [0.25, 0.3) is 11.2 Å². The van der Waals surface area contributed by atoms with Crippen LogP contribution in [0.3, 0.4) is 0 Å². The molecule has 0 saturated carbocycles. The van der Waals surface area contributed by atoms with Crippen molar-refractivity contribution in [2.45, 2.75) is 19.6 Å². The normalized spacial score (nSPS) is 18.7. The van der Waals surface area contributed by atoms with Gasteiger partial charge in [0.05, 0.1) is 13.7 Å². The number of carbonyl (C=O) groups excluding carboxylic acids is 1. The molecule has 0 unspecified atom stereocenters. The molecule has 0 amide bonds. The first kappa shape index (κ1) is 11.2. The third-order valence-corrected chi connectivity index (χ3v) is 3.07.